The minimum absolute atomic E-state index is 0.250. The van der Waals surface area contributed by atoms with E-state index in [0.717, 1.165) is 17.4 Å². The van der Waals surface area contributed by atoms with E-state index in [-0.39, 0.29) is 11.6 Å². The van der Waals surface area contributed by atoms with E-state index in [1.54, 1.807) is 0 Å². The van der Waals surface area contributed by atoms with Gasteiger partial charge in [-0.3, -0.25) is 0 Å². The van der Waals surface area contributed by atoms with Gasteiger partial charge in [-0.15, -0.1) is 0 Å². The van der Waals surface area contributed by atoms with Crippen LogP contribution in [0.4, 0.5) is 10.2 Å². The van der Waals surface area contributed by atoms with Crippen LogP contribution in [0.3, 0.4) is 0 Å². The van der Waals surface area contributed by atoms with Crippen LogP contribution in [0.1, 0.15) is 50.0 Å². The quantitative estimate of drug-likeness (QED) is 0.476. The van der Waals surface area contributed by atoms with Crippen LogP contribution in [0, 0.1) is 17.7 Å². The number of isothiocyanates is 1. The highest BCUT2D eigenvalue weighted by atomic mass is 32.1. The van der Waals surface area contributed by atoms with E-state index in [1.807, 2.05) is 12.1 Å². The number of benzene rings is 1. The molecule has 2 aliphatic rings. The second kappa shape index (κ2) is 7.15. The molecule has 0 spiro atoms. The minimum atomic E-state index is -0.336. The fourth-order valence-corrected chi connectivity index (χ4v) is 4.26. The van der Waals surface area contributed by atoms with E-state index in [9.17, 15) is 4.39 Å². The third-order valence-electron chi connectivity index (χ3n) is 5.75. The molecule has 4 rings (SSSR count). The van der Waals surface area contributed by atoms with Crippen LogP contribution in [0.25, 0.3) is 11.1 Å². The number of thiocarbonyl (C=S) groups is 1. The maximum atomic E-state index is 14.3. The van der Waals surface area contributed by atoms with Crippen molar-refractivity contribution in [2.24, 2.45) is 16.8 Å². The Hall–Kier alpha value is -1.90. The zero-order valence-corrected chi connectivity index (χ0v) is 14.9. The van der Waals surface area contributed by atoms with Crippen molar-refractivity contribution < 1.29 is 4.39 Å². The normalized spacial score (nSPS) is 23.1. The summed E-state index contributed by atoms with van der Waals surface area (Å²) in [5.41, 5.74) is 2.72. The Morgan fingerprint density at radius 3 is 2.20 bits per heavy atom. The van der Waals surface area contributed by atoms with E-state index >= 15 is 0 Å². The molecule has 2 aromatic rings. The second-order valence-electron chi connectivity index (χ2n) is 7.30. The molecule has 1 aromatic heterocycles. The van der Waals surface area contributed by atoms with Crippen molar-refractivity contribution >= 4 is 23.2 Å². The van der Waals surface area contributed by atoms with Gasteiger partial charge in [0.2, 0.25) is 0 Å². The predicted octanol–water partition coefficient (Wildman–Crippen LogP) is 6.31. The zero-order chi connectivity index (χ0) is 17.2. The molecule has 0 radical (unpaired) electrons. The van der Waals surface area contributed by atoms with E-state index in [2.05, 4.69) is 39.5 Å². The molecule has 4 heteroatoms. The molecule has 0 bridgehead atoms. The summed E-state index contributed by atoms with van der Waals surface area (Å²) in [6.45, 7) is 0. The summed E-state index contributed by atoms with van der Waals surface area (Å²) in [6, 6.07) is 9.61. The van der Waals surface area contributed by atoms with Crippen molar-refractivity contribution in [1.82, 2.24) is 4.98 Å². The fourth-order valence-electron chi connectivity index (χ4n) is 4.17. The Morgan fingerprint density at radius 2 is 1.64 bits per heavy atom. The zero-order valence-electron chi connectivity index (χ0n) is 14.1. The van der Waals surface area contributed by atoms with Gasteiger partial charge in [0, 0.05) is 17.8 Å². The summed E-state index contributed by atoms with van der Waals surface area (Å²) in [6.07, 6.45) is 9.75. The summed E-state index contributed by atoms with van der Waals surface area (Å²) in [4.78, 5) is 7.83. The molecule has 0 aliphatic heterocycles. The van der Waals surface area contributed by atoms with Gasteiger partial charge in [0.25, 0.3) is 0 Å². The van der Waals surface area contributed by atoms with Crippen molar-refractivity contribution in [2.45, 2.75) is 44.4 Å². The molecule has 2 fully saturated rings. The van der Waals surface area contributed by atoms with Crippen molar-refractivity contribution in [1.29, 1.82) is 0 Å². The highest BCUT2D eigenvalue weighted by Crippen LogP contribution is 2.47. The molecule has 2 aliphatic carbocycles. The maximum Gasteiger partial charge on any atom is 0.165 e. The molecule has 0 amide bonds. The van der Waals surface area contributed by atoms with E-state index < -0.39 is 0 Å². The van der Waals surface area contributed by atoms with Gasteiger partial charge in [0.1, 0.15) is 5.82 Å². The van der Waals surface area contributed by atoms with Crippen LogP contribution in [-0.4, -0.2) is 10.1 Å². The topological polar surface area (TPSA) is 25.2 Å². The molecule has 128 valence electrons. The SMILES string of the molecule is Fc1cc(N=C=S)ncc1-c1ccc(C2CCC(C3CC3)CC2)cc1. The molecular formula is C21H21FN2S. The first kappa shape index (κ1) is 16.6. The van der Waals surface area contributed by atoms with Crippen LogP contribution in [0.15, 0.2) is 41.5 Å². The lowest BCUT2D eigenvalue weighted by Crippen LogP contribution is -2.14. The predicted molar refractivity (Wildman–Crippen MR) is 102 cm³/mol. The lowest BCUT2D eigenvalue weighted by Gasteiger charge is -2.29. The molecule has 1 heterocycles. The highest BCUT2D eigenvalue weighted by molar-refractivity contribution is 7.78. The Labute approximate surface area is 153 Å². The monoisotopic (exact) mass is 352 g/mol. The first-order valence-electron chi connectivity index (χ1n) is 9.08. The van der Waals surface area contributed by atoms with Crippen molar-refractivity contribution in [3.05, 3.63) is 47.9 Å². The molecule has 0 N–H and O–H groups in total. The number of aliphatic imine (C=N–C) groups is 1. The lowest BCUT2D eigenvalue weighted by molar-refractivity contribution is 0.296. The highest BCUT2D eigenvalue weighted by Gasteiger charge is 2.34. The molecule has 0 unspecified atom stereocenters. The van der Waals surface area contributed by atoms with Crippen LogP contribution >= 0.6 is 12.2 Å². The van der Waals surface area contributed by atoms with Gasteiger partial charge in [-0.1, -0.05) is 24.3 Å². The minimum Gasteiger partial charge on any atom is -0.236 e. The molecule has 2 saturated carbocycles. The number of nitrogens with zero attached hydrogens (tertiary/aromatic N) is 2. The second-order valence-corrected chi connectivity index (χ2v) is 7.48. The Bertz CT molecular complexity index is 799. The van der Waals surface area contributed by atoms with Crippen LogP contribution in [0.5, 0.6) is 0 Å². The van der Waals surface area contributed by atoms with Crippen molar-refractivity contribution in [2.75, 3.05) is 0 Å². The molecule has 0 saturated heterocycles. The van der Waals surface area contributed by atoms with Gasteiger partial charge in [-0.2, -0.15) is 4.99 Å². The summed E-state index contributed by atoms with van der Waals surface area (Å²) in [7, 11) is 0. The Morgan fingerprint density at radius 1 is 1.00 bits per heavy atom. The lowest BCUT2D eigenvalue weighted by atomic mass is 9.77. The largest absolute Gasteiger partial charge is 0.236 e. The molecule has 25 heavy (non-hydrogen) atoms. The first-order valence-corrected chi connectivity index (χ1v) is 9.49. The van der Waals surface area contributed by atoms with Gasteiger partial charge in [-0.25, -0.2) is 9.37 Å². The summed E-state index contributed by atoms with van der Waals surface area (Å²) in [5, 5.41) is 2.21. The van der Waals surface area contributed by atoms with E-state index in [4.69, 9.17) is 0 Å². The molecule has 1 aromatic carbocycles. The Balaban J connectivity index is 1.47. The molecule has 0 atom stereocenters. The van der Waals surface area contributed by atoms with Gasteiger partial charge in [0.15, 0.2) is 5.82 Å². The maximum absolute atomic E-state index is 14.3. The number of rotatable bonds is 4. The van der Waals surface area contributed by atoms with Crippen molar-refractivity contribution in [3.8, 4) is 11.1 Å². The fraction of sp³-hybridized carbons (Fsp3) is 0.429. The molecular weight excluding hydrogens is 331 g/mol. The van der Waals surface area contributed by atoms with Crippen LogP contribution < -0.4 is 0 Å². The average Bonchev–Trinajstić information content (AvgIpc) is 3.48. The summed E-state index contributed by atoms with van der Waals surface area (Å²) >= 11 is 4.53. The number of halogens is 1. The molecule has 2 nitrogen and oxygen atoms in total. The number of hydrogen-bond acceptors (Lipinski definition) is 3. The smallest absolute Gasteiger partial charge is 0.165 e. The average molecular weight is 352 g/mol. The van der Waals surface area contributed by atoms with E-state index in [0.29, 0.717) is 11.5 Å². The number of pyridine rings is 1. The number of hydrogen-bond donors (Lipinski definition) is 0. The summed E-state index contributed by atoms with van der Waals surface area (Å²) in [5.74, 6) is 2.58. The number of aromatic nitrogens is 1. The van der Waals surface area contributed by atoms with Gasteiger partial charge < -0.3 is 0 Å². The van der Waals surface area contributed by atoms with E-state index in [1.165, 1.54) is 56.4 Å². The third-order valence-corrected chi connectivity index (χ3v) is 5.84. The van der Waals surface area contributed by atoms with Crippen molar-refractivity contribution in [3.63, 3.8) is 0 Å². The Kier molecular flexibility index (Phi) is 4.74. The van der Waals surface area contributed by atoms with Gasteiger partial charge >= 0.3 is 0 Å². The van der Waals surface area contributed by atoms with Crippen LogP contribution in [0.2, 0.25) is 0 Å². The van der Waals surface area contributed by atoms with Gasteiger partial charge in [-0.05, 0) is 79.6 Å². The first-order chi connectivity index (χ1) is 12.2. The third kappa shape index (κ3) is 3.70. The summed E-state index contributed by atoms with van der Waals surface area (Å²) < 4.78 is 14.3. The van der Waals surface area contributed by atoms with Gasteiger partial charge in [0.05, 0.1) is 5.16 Å². The van der Waals surface area contributed by atoms with Crippen LogP contribution in [-0.2, 0) is 0 Å². The standard InChI is InChI=1S/C21H21FN2S/c22-20-11-21(24-13-25)23-12-19(20)18-9-7-17(8-10-18)16-5-3-15(4-6-16)14-1-2-14/h7-12,14-16H,1-6H2.